The lowest BCUT2D eigenvalue weighted by molar-refractivity contribution is -0.122. The quantitative estimate of drug-likeness (QED) is 0.136. The number of fused-ring (bicyclic) bond motifs is 1. The Morgan fingerprint density at radius 1 is 1.00 bits per heavy atom. The third-order valence-electron chi connectivity index (χ3n) is 8.86. The molecule has 2 aliphatic rings. The van der Waals surface area contributed by atoms with E-state index in [9.17, 15) is 18.0 Å². The van der Waals surface area contributed by atoms with Gasteiger partial charge in [0.15, 0.2) is 5.65 Å². The zero-order valence-corrected chi connectivity index (χ0v) is 31.8. The van der Waals surface area contributed by atoms with Crippen LogP contribution in [0.4, 0.5) is 11.5 Å². The summed E-state index contributed by atoms with van der Waals surface area (Å²) >= 11 is 6.24. The number of rotatable bonds is 19. The number of ether oxygens (including phenoxy) is 4. The number of amides is 2. The van der Waals surface area contributed by atoms with E-state index in [0.717, 1.165) is 43.4 Å². The van der Waals surface area contributed by atoms with Crippen molar-refractivity contribution in [3.63, 3.8) is 0 Å². The van der Waals surface area contributed by atoms with Crippen LogP contribution >= 0.6 is 11.6 Å². The van der Waals surface area contributed by atoms with Crippen molar-refractivity contribution in [3.05, 3.63) is 52.3 Å². The second-order valence-corrected chi connectivity index (χ2v) is 15.2. The van der Waals surface area contributed by atoms with Gasteiger partial charge < -0.3 is 34.1 Å². The number of aromatic nitrogens is 3. The largest absolute Gasteiger partial charge is 0.379 e. The molecule has 0 radical (unpaired) electrons. The minimum Gasteiger partial charge on any atom is -0.379 e. The van der Waals surface area contributed by atoms with E-state index < -0.39 is 10.0 Å². The van der Waals surface area contributed by atoms with E-state index in [0.29, 0.717) is 82.1 Å². The minimum atomic E-state index is -3.63. The maximum Gasteiger partial charge on any atom is 0.256 e. The molecule has 0 saturated carbocycles. The number of hydrogen-bond donors (Lipinski definition) is 2. The second-order valence-electron chi connectivity index (χ2n) is 13.0. The molecule has 2 aliphatic heterocycles. The number of sulfonamides is 1. The van der Waals surface area contributed by atoms with Crippen LogP contribution in [0.25, 0.3) is 5.65 Å². The van der Waals surface area contributed by atoms with Crippen molar-refractivity contribution < 1.29 is 37.0 Å². The van der Waals surface area contributed by atoms with E-state index >= 15 is 0 Å². The van der Waals surface area contributed by atoms with Gasteiger partial charge in [0.25, 0.3) is 5.91 Å². The monoisotopic (exact) mass is 773 g/mol. The lowest BCUT2D eigenvalue weighted by Gasteiger charge is -2.35. The molecule has 0 spiro atoms. The average molecular weight is 774 g/mol. The van der Waals surface area contributed by atoms with Crippen LogP contribution in [0, 0.1) is 19.3 Å². The normalized spacial score (nSPS) is 17.6. The van der Waals surface area contributed by atoms with Gasteiger partial charge in [-0.3, -0.25) is 14.3 Å². The highest BCUT2D eigenvalue weighted by Crippen LogP contribution is 2.34. The predicted octanol–water partition coefficient (Wildman–Crippen LogP) is 3.21. The van der Waals surface area contributed by atoms with Gasteiger partial charge in [-0.1, -0.05) is 17.5 Å². The number of terminal acetylenes is 1. The molecule has 2 fully saturated rings. The Balaban J connectivity index is 1.11. The highest BCUT2D eigenvalue weighted by molar-refractivity contribution is 7.92. The van der Waals surface area contributed by atoms with Gasteiger partial charge in [-0.15, -0.1) is 6.42 Å². The second kappa shape index (κ2) is 19.4. The Labute approximate surface area is 315 Å². The fourth-order valence-electron chi connectivity index (χ4n) is 6.45. The number of benzene rings is 1. The summed E-state index contributed by atoms with van der Waals surface area (Å²) in [6.07, 6.45) is 11.5. The summed E-state index contributed by atoms with van der Waals surface area (Å²) in [6.45, 7) is 7.02. The van der Waals surface area contributed by atoms with Crippen LogP contribution in [0.1, 0.15) is 59.8 Å². The van der Waals surface area contributed by atoms with Gasteiger partial charge in [0.05, 0.1) is 75.5 Å². The molecule has 2 atom stereocenters. The maximum absolute atomic E-state index is 13.9. The van der Waals surface area contributed by atoms with Crippen molar-refractivity contribution in [2.75, 3.05) is 88.4 Å². The smallest absolute Gasteiger partial charge is 0.256 e. The van der Waals surface area contributed by atoms with Crippen LogP contribution in [0.15, 0.2) is 30.5 Å². The molecule has 53 heavy (non-hydrogen) atoms. The summed E-state index contributed by atoms with van der Waals surface area (Å²) < 4.78 is 49.8. The maximum atomic E-state index is 13.9. The van der Waals surface area contributed by atoms with Crippen LogP contribution in [0.2, 0.25) is 5.02 Å². The van der Waals surface area contributed by atoms with Crippen LogP contribution in [-0.2, 0) is 33.8 Å². The molecule has 1 aromatic carbocycles. The SMILES string of the molecule is C#CCOCCOCCOCCOCCC(=O)N[C@H]1CCN(c2nc3cc([C@@H]4CCCCN4C(=O)c4cc(Cl)ccc4NS(C)(=O)=O)nn3cc2C)C1. The first-order valence-electron chi connectivity index (χ1n) is 17.8. The number of carbonyl (C=O) groups is 2. The number of nitrogens with zero attached hydrogens (tertiary/aromatic N) is 5. The van der Waals surface area contributed by atoms with E-state index in [4.69, 9.17) is 47.1 Å². The van der Waals surface area contributed by atoms with Crippen molar-refractivity contribution >= 4 is 50.6 Å². The molecule has 0 bridgehead atoms. The summed E-state index contributed by atoms with van der Waals surface area (Å²) in [5.74, 6) is 2.82. The molecule has 2 saturated heterocycles. The van der Waals surface area contributed by atoms with E-state index in [1.165, 1.54) is 12.1 Å². The summed E-state index contributed by atoms with van der Waals surface area (Å²) in [6, 6.07) is 6.09. The number of halogens is 1. The molecular formula is C36H48ClN7O8S. The minimum absolute atomic E-state index is 0.0175. The third kappa shape index (κ3) is 11.8. The standard InChI is InChI=1S/C36H48ClN7O8S/c1-4-14-49-16-18-51-20-21-52-19-17-50-15-11-34(45)38-28-10-13-42(25-28)35-26(2)24-44-33(39-35)23-31(40-44)32-7-5-6-12-43(32)36(46)29-22-27(37)8-9-30(29)41-53(3,47)48/h1,8-9,22-24,28,32,41H,5-7,10-21,25H2,2-3H3,(H,38,45)/t28-,32-/m0/s1. The Kier molecular flexibility index (Phi) is 14.7. The van der Waals surface area contributed by atoms with E-state index in [1.807, 2.05) is 19.2 Å². The molecule has 2 amide bonds. The van der Waals surface area contributed by atoms with Gasteiger partial charge in [0, 0.05) is 54.9 Å². The molecule has 15 nitrogen and oxygen atoms in total. The number of anilines is 2. The number of piperidine rings is 1. The van der Waals surface area contributed by atoms with Gasteiger partial charge in [-0.2, -0.15) is 5.10 Å². The van der Waals surface area contributed by atoms with E-state index in [-0.39, 0.29) is 48.2 Å². The van der Waals surface area contributed by atoms with Crippen LogP contribution < -0.4 is 14.9 Å². The Hall–Kier alpha value is -3.98. The Bertz CT molecular complexity index is 1870. The van der Waals surface area contributed by atoms with Crippen molar-refractivity contribution in [3.8, 4) is 12.3 Å². The molecule has 0 aliphatic carbocycles. The molecule has 3 aromatic rings. The van der Waals surface area contributed by atoms with E-state index in [1.54, 1.807) is 15.5 Å². The fraction of sp³-hybridized carbons (Fsp3) is 0.556. The summed E-state index contributed by atoms with van der Waals surface area (Å²) in [5, 5.41) is 8.28. The van der Waals surface area contributed by atoms with Crippen molar-refractivity contribution in [2.24, 2.45) is 0 Å². The van der Waals surface area contributed by atoms with Crippen LogP contribution in [0.5, 0.6) is 0 Å². The van der Waals surface area contributed by atoms with Crippen molar-refractivity contribution in [2.45, 2.75) is 51.1 Å². The predicted molar refractivity (Wildman–Crippen MR) is 201 cm³/mol. The average Bonchev–Trinajstić information content (AvgIpc) is 3.76. The molecule has 0 unspecified atom stereocenters. The zero-order valence-electron chi connectivity index (χ0n) is 30.2. The number of likely N-dealkylation sites (tertiary alicyclic amines) is 1. The van der Waals surface area contributed by atoms with Gasteiger partial charge in [-0.05, 0) is 50.8 Å². The molecule has 2 aromatic heterocycles. The molecule has 5 rings (SSSR count). The lowest BCUT2D eigenvalue weighted by Crippen LogP contribution is -2.39. The summed E-state index contributed by atoms with van der Waals surface area (Å²) in [4.78, 5) is 35.4. The topological polar surface area (TPSA) is 166 Å². The van der Waals surface area contributed by atoms with Crippen LogP contribution in [0.3, 0.4) is 0 Å². The Morgan fingerprint density at radius 3 is 2.43 bits per heavy atom. The third-order valence-corrected chi connectivity index (χ3v) is 9.69. The zero-order chi connectivity index (χ0) is 37.8. The number of carbonyl (C=O) groups excluding carboxylic acids is 2. The van der Waals surface area contributed by atoms with E-state index in [2.05, 4.69) is 20.9 Å². The first-order valence-corrected chi connectivity index (χ1v) is 20.0. The molecule has 4 heterocycles. The highest BCUT2D eigenvalue weighted by Gasteiger charge is 2.33. The first kappa shape index (κ1) is 40.2. The number of hydrogen-bond acceptors (Lipinski definition) is 11. The van der Waals surface area contributed by atoms with Crippen LogP contribution in [-0.4, -0.2) is 125 Å². The van der Waals surface area contributed by atoms with Gasteiger partial charge in [-0.25, -0.2) is 17.9 Å². The number of nitrogens with one attached hydrogen (secondary N) is 2. The van der Waals surface area contributed by atoms with Crippen molar-refractivity contribution in [1.29, 1.82) is 0 Å². The summed E-state index contributed by atoms with van der Waals surface area (Å²) in [7, 11) is -3.63. The first-order chi connectivity index (χ1) is 25.5. The molecule has 2 N–H and O–H groups in total. The van der Waals surface area contributed by atoms with Gasteiger partial charge in [0.2, 0.25) is 15.9 Å². The Morgan fingerprint density at radius 2 is 1.72 bits per heavy atom. The summed E-state index contributed by atoms with van der Waals surface area (Å²) in [5.41, 5.74) is 2.64. The fourth-order valence-corrected chi connectivity index (χ4v) is 7.20. The molecular weight excluding hydrogens is 726 g/mol. The van der Waals surface area contributed by atoms with Crippen molar-refractivity contribution in [1.82, 2.24) is 24.8 Å². The molecule has 288 valence electrons. The molecule has 17 heteroatoms. The lowest BCUT2D eigenvalue weighted by atomic mass is 9.98. The van der Waals surface area contributed by atoms with Gasteiger partial charge in [0.1, 0.15) is 12.4 Å². The number of aryl methyl sites for hydroxylation is 1. The van der Waals surface area contributed by atoms with Gasteiger partial charge >= 0.3 is 0 Å². The highest BCUT2D eigenvalue weighted by atomic mass is 35.5.